The highest BCUT2D eigenvalue weighted by atomic mass is 32.2. The van der Waals surface area contributed by atoms with Gasteiger partial charge in [-0.05, 0) is 49.6 Å². The molecule has 3 rings (SSSR count). The van der Waals surface area contributed by atoms with Crippen molar-refractivity contribution in [3.63, 3.8) is 0 Å². The zero-order valence-electron chi connectivity index (χ0n) is 12.0. The number of aromatic nitrogens is 2. The van der Waals surface area contributed by atoms with E-state index in [2.05, 4.69) is 22.3 Å². The van der Waals surface area contributed by atoms with Crippen molar-refractivity contribution in [2.45, 2.75) is 40.1 Å². The van der Waals surface area contributed by atoms with Crippen LogP contribution in [0.15, 0.2) is 26.9 Å². The van der Waals surface area contributed by atoms with E-state index in [1.807, 2.05) is 19.2 Å². The number of Topliss-reactive ketones (excluding diaryl/α,β-unsaturated/α-hetero) is 1. The Morgan fingerprint density at radius 2 is 2.00 bits per heavy atom. The number of thioether (sulfide) groups is 2. The molecule has 1 aliphatic carbocycles. The second kappa shape index (κ2) is 6.50. The Bertz CT molecular complexity index is 669. The Hall–Kier alpha value is -0.850. The highest BCUT2D eigenvalue weighted by Crippen LogP contribution is 2.32. The zero-order valence-corrected chi connectivity index (χ0v) is 14.4. The van der Waals surface area contributed by atoms with E-state index >= 15 is 0 Å². The number of ketones is 1. The Kier molecular flexibility index (Phi) is 4.66. The number of carbonyl (C=O) groups is 1. The minimum absolute atomic E-state index is 0.132. The SMILES string of the molecule is CSc1nnc(SC(C)C(=O)c2ccc3c(c2)CCC3)s1. The van der Waals surface area contributed by atoms with Gasteiger partial charge in [0.2, 0.25) is 0 Å². The van der Waals surface area contributed by atoms with Crippen molar-refractivity contribution in [1.29, 1.82) is 0 Å². The van der Waals surface area contributed by atoms with Gasteiger partial charge in [0, 0.05) is 5.56 Å². The minimum Gasteiger partial charge on any atom is -0.293 e. The Morgan fingerprint density at radius 3 is 2.76 bits per heavy atom. The van der Waals surface area contributed by atoms with Crippen LogP contribution in [0.3, 0.4) is 0 Å². The first-order valence-electron chi connectivity index (χ1n) is 6.87. The fourth-order valence-corrected chi connectivity index (χ4v) is 5.15. The molecular formula is C15H16N2OS3. The molecule has 1 unspecified atom stereocenters. The third-order valence-electron chi connectivity index (χ3n) is 3.59. The number of fused-ring (bicyclic) bond motifs is 1. The minimum atomic E-state index is -0.132. The van der Waals surface area contributed by atoms with Gasteiger partial charge in [0.05, 0.1) is 5.25 Å². The van der Waals surface area contributed by atoms with Crippen LogP contribution in [0.1, 0.15) is 34.8 Å². The van der Waals surface area contributed by atoms with Gasteiger partial charge in [-0.2, -0.15) is 0 Å². The average Bonchev–Trinajstić information content (AvgIpc) is 3.13. The lowest BCUT2D eigenvalue weighted by atomic mass is 10.0. The third-order valence-corrected chi connectivity index (χ3v) is 6.68. The normalized spacial score (nSPS) is 15.0. The summed E-state index contributed by atoms with van der Waals surface area (Å²) < 4.78 is 1.80. The molecule has 110 valence electrons. The first kappa shape index (κ1) is 15.1. The highest BCUT2D eigenvalue weighted by Gasteiger charge is 2.20. The fraction of sp³-hybridized carbons (Fsp3) is 0.400. The molecular weight excluding hydrogens is 320 g/mol. The maximum atomic E-state index is 12.6. The molecule has 21 heavy (non-hydrogen) atoms. The summed E-state index contributed by atoms with van der Waals surface area (Å²) in [5, 5.41) is 8.05. The summed E-state index contributed by atoms with van der Waals surface area (Å²) in [5.74, 6) is 0.176. The number of hydrogen-bond donors (Lipinski definition) is 0. The average molecular weight is 337 g/mol. The maximum absolute atomic E-state index is 12.6. The van der Waals surface area contributed by atoms with Crippen molar-refractivity contribution >= 4 is 40.6 Å². The van der Waals surface area contributed by atoms with Crippen molar-refractivity contribution in [1.82, 2.24) is 10.2 Å². The molecule has 1 atom stereocenters. The molecule has 0 N–H and O–H groups in total. The van der Waals surface area contributed by atoms with E-state index in [1.54, 1.807) is 23.1 Å². The van der Waals surface area contributed by atoms with Crippen LogP contribution in [0, 0.1) is 0 Å². The predicted molar refractivity (Wildman–Crippen MR) is 89.8 cm³/mol. The highest BCUT2D eigenvalue weighted by molar-refractivity contribution is 8.03. The molecule has 0 amide bonds. The molecule has 1 aliphatic rings. The Labute approximate surface area is 136 Å². The lowest BCUT2D eigenvalue weighted by Crippen LogP contribution is -2.13. The summed E-state index contributed by atoms with van der Waals surface area (Å²) in [4.78, 5) is 12.6. The van der Waals surface area contributed by atoms with E-state index < -0.39 is 0 Å². The van der Waals surface area contributed by atoms with Crippen LogP contribution in [0.2, 0.25) is 0 Å². The van der Waals surface area contributed by atoms with Crippen LogP contribution < -0.4 is 0 Å². The van der Waals surface area contributed by atoms with Gasteiger partial charge >= 0.3 is 0 Å². The Morgan fingerprint density at radius 1 is 1.24 bits per heavy atom. The van der Waals surface area contributed by atoms with Crippen LogP contribution in [-0.4, -0.2) is 27.5 Å². The second-order valence-corrected chi connectivity index (χ2v) is 8.62. The van der Waals surface area contributed by atoms with Crippen LogP contribution in [0.4, 0.5) is 0 Å². The van der Waals surface area contributed by atoms with Crippen LogP contribution in [0.5, 0.6) is 0 Å². The maximum Gasteiger partial charge on any atom is 0.175 e. The number of rotatable bonds is 5. The van der Waals surface area contributed by atoms with Crippen molar-refractivity contribution < 1.29 is 4.79 Å². The van der Waals surface area contributed by atoms with Crippen molar-refractivity contribution in [2.75, 3.05) is 6.26 Å². The van der Waals surface area contributed by atoms with Gasteiger partial charge in [0.15, 0.2) is 14.5 Å². The van der Waals surface area contributed by atoms with E-state index in [1.165, 1.54) is 29.3 Å². The largest absolute Gasteiger partial charge is 0.293 e. The number of aryl methyl sites for hydroxylation is 2. The molecule has 0 saturated carbocycles. The summed E-state index contributed by atoms with van der Waals surface area (Å²) in [6.45, 7) is 1.94. The van der Waals surface area contributed by atoms with E-state index in [4.69, 9.17) is 0 Å². The molecule has 0 bridgehead atoms. The summed E-state index contributed by atoms with van der Waals surface area (Å²) >= 11 is 4.63. The van der Waals surface area contributed by atoms with Gasteiger partial charge in [-0.1, -0.05) is 47.0 Å². The molecule has 1 aromatic heterocycles. The van der Waals surface area contributed by atoms with Gasteiger partial charge in [-0.25, -0.2) is 0 Å². The summed E-state index contributed by atoms with van der Waals surface area (Å²) in [6, 6.07) is 6.16. The van der Waals surface area contributed by atoms with E-state index in [-0.39, 0.29) is 11.0 Å². The smallest absolute Gasteiger partial charge is 0.175 e. The summed E-state index contributed by atoms with van der Waals surface area (Å²) in [6.07, 6.45) is 5.44. The van der Waals surface area contributed by atoms with Crippen LogP contribution in [0.25, 0.3) is 0 Å². The molecule has 1 aromatic carbocycles. The Balaban J connectivity index is 1.72. The second-order valence-electron chi connectivity index (χ2n) is 5.00. The fourth-order valence-electron chi connectivity index (χ4n) is 2.49. The molecule has 6 heteroatoms. The van der Waals surface area contributed by atoms with Gasteiger partial charge in [0.25, 0.3) is 0 Å². The number of benzene rings is 1. The first-order chi connectivity index (χ1) is 10.2. The van der Waals surface area contributed by atoms with E-state index in [0.29, 0.717) is 0 Å². The van der Waals surface area contributed by atoms with Gasteiger partial charge < -0.3 is 0 Å². The quantitative estimate of drug-likeness (QED) is 0.607. The van der Waals surface area contributed by atoms with E-state index in [0.717, 1.165) is 27.1 Å². The van der Waals surface area contributed by atoms with Crippen molar-refractivity contribution in [2.24, 2.45) is 0 Å². The van der Waals surface area contributed by atoms with E-state index in [9.17, 15) is 4.79 Å². The van der Waals surface area contributed by atoms with Crippen LogP contribution in [-0.2, 0) is 12.8 Å². The predicted octanol–water partition coefficient (Wildman–Crippen LogP) is 4.11. The lowest BCUT2D eigenvalue weighted by molar-refractivity contribution is 0.0994. The molecule has 3 nitrogen and oxygen atoms in total. The van der Waals surface area contributed by atoms with Crippen molar-refractivity contribution in [3.8, 4) is 0 Å². The monoisotopic (exact) mass is 336 g/mol. The number of hydrogen-bond acceptors (Lipinski definition) is 6. The van der Waals surface area contributed by atoms with Gasteiger partial charge in [-0.3, -0.25) is 4.79 Å². The van der Waals surface area contributed by atoms with Gasteiger partial charge in [-0.15, -0.1) is 10.2 Å². The topological polar surface area (TPSA) is 42.9 Å². The van der Waals surface area contributed by atoms with Crippen LogP contribution >= 0.6 is 34.9 Å². The zero-order chi connectivity index (χ0) is 14.8. The molecule has 0 radical (unpaired) electrons. The molecule has 0 saturated heterocycles. The molecule has 0 fully saturated rings. The lowest BCUT2D eigenvalue weighted by Gasteiger charge is -2.09. The summed E-state index contributed by atoms with van der Waals surface area (Å²) in [7, 11) is 0. The molecule has 0 spiro atoms. The van der Waals surface area contributed by atoms with Crippen molar-refractivity contribution in [3.05, 3.63) is 34.9 Å². The third kappa shape index (κ3) is 3.33. The molecule has 1 heterocycles. The number of nitrogens with zero attached hydrogens (tertiary/aromatic N) is 2. The summed E-state index contributed by atoms with van der Waals surface area (Å²) in [5.41, 5.74) is 3.57. The van der Waals surface area contributed by atoms with Gasteiger partial charge in [0.1, 0.15) is 0 Å². The molecule has 2 aromatic rings. The molecule has 0 aliphatic heterocycles. The number of carbonyl (C=O) groups excluding carboxylic acids is 1. The standard InChI is InChI=1S/C15H16N2OS3/c1-9(20-15-17-16-14(19-2)21-15)13(18)12-7-6-10-4-3-5-11(10)8-12/h6-9H,3-5H2,1-2H3. The first-order valence-corrected chi connectivity index (χ1v) is 9.79.